The number of benzene rings is 1. The van der Waals surface area contributed by atoms with Crippen LogP contribution in [0.25, 0.3) is 6.08 Å². The lowest BCUT2D eigenvalue weighted by atomic mass is 10.1. The highest BCUT2D eigenvalue weighted by molar-refractivity contribution is 5.85. The van der Waals surface area contributed by atoms with Crippen molar-refractivity contribution in [2.75, 3.05) is 18.0 Å². The van der Waals surface area contributed by atoms with Crippen molar-refractivity contribution >= 4 is 17.7 Å². The van der Waals surface area contributed by atoms with Gasteiger partial charge in [-0.3, -0.25) is 0 Å². The highest BCUT2D eigenvalue weighted by atomic mass is 19.1. The van der Waals surface area contributed by atoms with Crippen molar-refractivity contribution in [3.63, 3.8) is 0 Å². The molecule has 0 spiro atoms. The highest BCUT2D eigenvalue weighted by Gasteiger charge is 2.14. The normalized spacial score (nSPS) is 16.2. The van der Waals surface area contributed by atoms with E-state index in [1.165, 1.54) is 18.6 Å². The largest absolute Gasteiger partial charge is 0.478 e. The number of carboxylic acids is 1. The van der Waals surface area contributed by atoms with Gasteiger partial charge in [0.25, 0.3) is 0 Å². The molecule has 0 bridgehead atoms. The van der Waals surface area contributed by atoms with Gasteiger partial charge in [0.15, 0.2) is 0 Å². The van der Waals surface area contributed by atoms with Crippen LogP contribution >= 0.6 is 0 Å². The van der Waals surface area contributed by atoms with Gasteiger partial charge in [-0.05, 0) is 43.0 Å². The third-order valence-corrected chi connectivity index (χ3v) is 3.09. The van der Waals surface area contributed by atoms with Crippen LogP contribution in [0.5, 0.6) is 0 Å². The summed E-state index contributed by atoms with van der Waals surface area (Å²) in [6.07, 6.45) is 5.80. The molecule has 0 aromatic heterocycles. The van der Waals surface area contributed by atoms with Gasteiger partial charge >= 0.3 is 5.97 Å². The minimum absolute atomic E-state index is 0.288. The molecule has 1 N–H and O–H groups in total. The number of hydrogen-bond donors (Lipinski definition) is 1. The Morgan fingerprint density at radius 2 is 2.00 bits per heavy atom. The Labute approximate surface area is 106 Å². The highest BCUT2D eigenvalue weighted by Crippen LogP contribution is 2.24. The number of aliphatic carboxylic acids is 1. The predicted octanol–water partition coefficient (Wildman–Crippen LogP) is 2.91. The second-order valence-corrected chi connectivity index (χ2v) is 4.43. The number of rotatable bonds is 3. The van der Waals surface area contributed by atoms with Crippen LogP contribution in [0.3, 0.4) is 0 Å². The molecule has 96 valence electrons. The van der Waals surface area contributed by atoms with Gasteiger partial charge in [-0.2, -0.15) is 0 Å². The van der Waals surface area contributed by atoms with Crippen LogP contribution in [0.2, 0.25) is 0 Å². The maximum Gasteiger partial charge on any atom is 0.328 e. The Balaban J connectivity index is 2.16. The zero-order valence-electron chi connectivity index (χ0n) is 10.1. The van der Waals surface area contributed by atoms with Gasteiger partial charge in [-0.15, -0.1) is 0 Å². The molecule has 2 rings (SSSR count). The zero-order valence-corrected chi connectivity index (χ0v) is 10.1. The first-order chi connectivity index (χ1) is 8.66. The number of halogens is 1. The number of anilines is 1. The molecule has 0 radical (unpaired) electrons. The molecule has 1 aliphatic rings. The lowest BCUT2D eigenvalue weighted by molar-refractivity contribution is -0.131. The Morgan fingerprint density at radius 1 is 1.28 bits per heavy atom. The number of carbonyl (C=O) groups is 1. The van der Waals surface area contributed by atoms with Gasteiger partial charge < -0.3 is 10.0 Å². The summed E-state index contributed by atoms with van der Waals surface area (Å²) in [7, 11) is 0. The maximum atomic E-state index is 13.9. The standard InChI is InChI=1S/C14H16FNO2/c15-12-10-11(5-7-14(17)18)4-6-13(12)16-8-2-1-3-9-16/h4-7,10H,1-3,8-9H2,(H,17,18)/b7-5+. The summed E-state index contributed by atoms with van der Waals surface area (Å²) in [4.78, 5) is 12.4. The summed E-state index contributed by atoms with van der Waals surface area (Å²) >= 11 is 0. The van der Waals surface area contributed by atoms with Crippen LogP contribution in [0.1, 0.15) is 24.8 Å². The third kappa shape index (κ3) is 3.09. The van der Waals surface area contributed by atoms with E-state index >= 15 is 0 Å². The summed E-state index contributed by atoms with van der Waals surface area (Å²) < 4.78 is 13.9. The van der Waals surface area contributed by atoms with E-state index in [4.69, 9.17) is 5.11 Å². The average Bonchev–Trinajstić information content (AvgIpc) is 2.37. The van der Waals surface area contributed by atoms with Crippen molar-refractivity contribution in [2.45, 2.75) is 19.3 Å². The fraction of sp³-hybridized carbons (Fsp3) is 0.357. The predicted molar refractivity (Wildman–Crippen MR) is 69.1 cm³/mol. The molecule has 0 atom stereocenters. The summed E-state index contributed by atoms with van der Waals surface area (Å²) in [5.74, 6) is -1.32. The van der Waals surface area contributed by atoms with Crippen molar-refractivity contribution in [1.29, 1.82) is 0 Å². The van der Waals surface area contributed by atoms with Crippen LogP contribution in [-0.4, -0.2) is 24.2 Å². The minimum atomic E-state index is -1.03. The molecule has 0 amide bonds. The molecule has 1 aromatic rings. The van der Waals surface area contributed by atoms with Crippen molar-refractivity contribution in [2.24, 2.45) is 0 Å². The zero-order chi connectivity index (χ0) is 13.0. The second kappa shape index (κ2) is 5.67. The van der Waals surface area contributed by atoms with Gasteiger partial charge in [-0.1, -0.05) is 6.07 Å². The van der Waals surface area contributed by atoms with Crippen molar-refractivity contribution in [3.8, 4) is 0 Å². The smallest absolute Gasteiger partial charge is 0.328 e. The fourth-order valence-electron chi connectivity index (χ4n) is 2.19. The lowest BCUT2D eigenvalue weighted by Gasteiger charge is -2.29. The van der Waals surface area contributed by atoms with E-state index in [2.05, 4.69) is 0 Å². The van der Waals surface area contributed by atoms with Crippen LogP contribution in [0.15, 0.2) is 24.3 Å². The fourth-order valence-corrected chi connectivity index (χ4v) is 2.19. The first-order valence-electron chi connectivity index (χ1n) is 6.12. The van der Waals surface area contributed by atoms with E-state index < -0.39 is 5.97 Å². The number of nitrogens with zero attached hydrogens (tertiary/aromatic N) is 1. The van der Waals surface area contributed by atoms with E-state index in [1.807, 2.05) is 4.90 Å². The SMILES string of the molecule is O=C(O)/C=C/c1ccc(N2CCCCC2)c(F)c1. The second-order valence-electron chi connectivity index (χ2n) is 4.43. The van der Waals surface area contributed by atoms with Gasteiger partial charge in [-0.25, -0.2) is 9.18 Å². The number of piperidine rings is 1. The van der Waals surface area contributed by atoms with Crippen LogP contribution in [0, 0.1) is 5.82 Å². The van der Waals surface area contributed by atoms with E-state index in [0.29, 0.717) is 11.3 Å². The monoisotopic (exact) mass is 249 g/mol. The summed E-state index contributed by atoms with van der Waals surface area (Å²) in [6, 6.07) is 4.85. The maximum absolute atomic E-state index is 13.9. The molecule has 1 saturated heterocycles. The third-order valence-electron chi connectivity index (χ3n) is 3.09. The topological polar surface area (TPSA) is 40.5 Å². The summed E-state index contributed by atoms with van der Waals surface area (Å²) in [5.41, 5.74) is 1.18. The van der Waals surface area contributed by atoms with Crippen molar-refractivity contribution in [1.82, 2.24) is 0 Å². The van der Waals surface area contributed by atoms with Gasteiger partial charge in [0.1, 0.15) is 5.82 Å². The molecule has 1 aromatic carbocycles. The number of carboxylic acid groups (broad SMARTS) is 1. The molecular formula is C14H16FNO2. The molecule has 1 aliphatic heterocycles. The van der Waals surface area contributed by atoms with Crippen LogP contribution in [0.4, 0.5) is 10.1 Å². The van der Waals surface area contributed by atoms with Gasteiger partial charge in [0.05, 0.1) is 5.69 Å². The summed E-state index contributed by atoms with van der Waals surface area (Å²) in [6.45, 7) is 1.78. The first kappa shape index (κ1) is 12.6. The van der Waals surface area contributed by atoms with E-state index in [9.17, 15) is 9.18 Å². The first-order valence-corrected chi connectivity index (χ1v) is 6.12. The molecule has 0 saturated carbocycles. The average molecular weight is 249 g/mol. The van der Waals surface area contributed by atoms with Gasteiger partial charge in [0.2, 0.25) is 0 Å². The molecule has 3 nitrogen and oxygen atoms in total. The Kier molecular flexibility index (Phi) is 3.97. The molecule has 4 heteroatoms. The Hall–Kier alpha value is -1.84. The minimum Gasteiger partial charge on any atom is -0.478 e. The van der Waals surface area contributed by atoms with Crippen molar-refractivity contribution < 1.29 is 14.3 Å². The van der Waals surface area contributed by atoms with E-state index in [-0.39, 0.29) is 5.82 Å². The van der Waals surface area contributed by atoms with Crippen molar-refractivity contribution in [3.05, 3.63) is 35.7 Å². The van der Waals surface area contributed by atoms with Gasteiger partial charge in [0, 0.05) is 19.2 Å². The lowest BCUT2D eigenvalue weighted by Crippen LogP contribution is -2.30. The molecule has 0 aliphatic carbocycles. The Morgan fingerprint density at radius 3 is 2.61 bits per heavy atom. The van der Waals surface area contributed by atoms with E-state index in [1.54, 1.807) is 12.1 Å². The molecule has 18 heavy (non-hydrogen) atoms. The molecule has 0 unspecified atom stereocenters. The summed E-state index contributed by atoms with van der Waals surface area (Å²) in [5, 5.41) is 8.51. The number of hydrogen-bond acceptors (Lipinski definition) is 2. The van der Waals surface area contributed by atoms with Crippen LogP contribution in [-0.2, 0) is 4.79 Å². The van der Waals surface area contributed by atoms with E-state index in [0.717, 1.165) is 32.0 Å². The molecular weight excluding hydrogens is 233 g/mol. The molecule has 1 fully saturated rings. The Bertz CT molecular complexity index is 465. The van der Waals surface area contributed by atoms with Crippen LogP contribution < -0.4 is 4.90 Å². The quantitative estimate of drug-likeness (QED) is 0.837. The molecule has 1 heterocycles.